The molecule has 55 heavy (non-hydrogen) atoms. The number of fused-ring (bicyclic) bond motifs is 2. The number of aromatic nitrogens is 1. The molecule has 2 N–H and O–H groups in total. The molecule has 6 rings (SSSR count). The zero-order chi connectivity index (χ0) is 38.8. The summed E-state index contributed by atoms with van der Waals surface area (Å²) in [6.45, 7) is 9.21. The van der Waals surface area contributed by atoms with Gasteiger partial charge in [-0.15, -0.1) is 6.58 Å². The number of ether oxygens (including phenoxy) is 3. The Labute approximate surface area is 328 Å². The molecular weight excluding hydrogens is 695 g/mol. The summed E-state index contributed by atoms with van der Waals surface area (Å²) in [7, 11) is 1.90. The minimum atomic E-state index is -1.24. The fourth-order valence-corrected chi connectivity index (χ4v) is 9.77. The van der Waals surface area contributed by atoms with Crippen molar-refractivity contribution >= 4 is 11.6 Å². The van der Waals surface area contributed by atoms with Crippen molar-refractivity contribution in [1.29, 1.82) is 0 Å². The van der Waals surface area contributed by atoms with Gasteiger partial charge >= 0.3 is 0 Å². The van der Waals surface area contributed by atoms with Crippen LogP contribution in [0.1, 0.15) is 113 Å². The van der Waals surface area contributed by atoms with Crippen LogP contribution < -0.4 is 9.47 Å². The number of rotatable bonds is 20. The maximum Gasteiger partial charge on any atom is 0.239 e. The van der Waals surface area contributed by atoms with E-state index in [1.54, 1.807) is 6.08 Å². The number of pyridine rings is 1. The Morgan fingerprint density at radius 3 is 2.60 bits per heavy atom. The molecule has 0 saturated heterocycles. The van der Waals surface area contributed by atoms with E-state index in [9.17, 15) is 15.0 Å². The Kier molecular flexibility index (Phi) is 14.4. The number of aliphatic hydroxyl groups is 2. The molecule has 2 fully saturated rings. The number of likely N-dealkylation sites (N-methyl/N-ethyl adjacent to an activating group) is 1. The van der Waals surface area contributed by atoms with Crippen LogP contribution in [0.15, 0.2) is 65.9 Å². The van der Waals surface area contributed by atoms with Crippen molar-refractivity contribution in [2.75, 3.05) is 33.5 Å². The number of nitrogens with zero attached hydrogens (tertiary/aromatic N) is 3. The Balaban J connectivity index is 1.48. The molecule has 6 unspecified atom stereocenters. The molecule has 2 aromatic rings. The summed E-state index contributed by atoms with van der Waals surface area (Å²) in [5, 5.41) is 24.5. The molecule has 10 heteroatoms. The summed E-state index contributed by atoms with van der Waals surface area (Å²) < 4.78 is 20.7. The molecule has 300 valence electrons. The topological polar surface area (TPSA) is 123 Å². The van der Waals surface area contributed by atoms with Crippen molar-refractivity contribution in [2.24, 2.45) is 28.8 Å². The summed E-state index contributed by atoms with van der Waals surface area (Å²) in [4.78, 5) is 26.6. The molecule has 1 aromatic carbocycles. The predicted molar refractivity (Wildman–Crippen MR) is 214 cm³/mol. The van der Waals surface area contributed by atoms with Gasteiger partial charge in [0.15, 0.2) is 0 Å². The Hall–Kier alpha value is -3.73. The first-order valence-corrected chi connectivity index (χ1v) is 20.8. The molecule has 3 aliphatic carbocycles. The highest BCUT2D eigenvalue weighted by atomic mass is 16.7. The van der Waals surface area contributed by atoms with Crippen LogP contribution in [0.25, 0.3) is 0 Å². The summed E-state index contributed by atoms with van der Waals surface area (Å²) in [6.07, 6.45) is 15.7. The molecule has 1 aliphatic heterocycles. The lowest BCUT2D eigenvalue weighted by Gasteiger charge is -2.59. The van der Waals surface area contributed by atoms with Crippen molar-refractivity contribution in [3.05, 3.63) is 77.7 Å². The van der Waals surface area contributed by atoms with Crippen LogP contribution in [0.2, 0.25) is 0 Å². The maximum atomic E-state index is 14.2. The molecule has 4 aliphatic rings. The van der Waals surface area contributed by atoms with Crippen LogP contribution in [0.3, 0.4) is 0 Å². The zero-order valence-electron chi connectivity index (χ0n) is 33.3. The standard InChI is InChI=1S/C45H63N3O7/c1-5-26-53-45-41(48(4)42(51)23-20-32-15-7-8-16-32)29-39(47-54-6-2)37-27-33(17-9-11-24-49)36(19-10-12-25-50)43(44(37)45)38-28-35(21-22-40(38)55-45)52-30-34-18-13-14-31(3)46-34/h5,13-14,18,21-22,27-28,32-33,36,41,43-44,49-50H,1,6-12,15-17,19-20,23-26,29-30H2,2-4H3. The van der Waals surface area contributed by atoms with Crippen molar-refractivity contribution in [1.82, 2.24) is 9.88 Å². The second-order valence-corrected chi connectivity index (χ2v) is 15.9. The fourth-order valence-electron chi connectivity index (χ4n) is 9.77. The van der Waals surface area contributed by atoms with E-state index in [2.05, 4.69) is 23.7 Å². The van der Waals surface area contributed by atoms with E-state index in [0.29, 0.717) is 38.4 Å². The van der Waals surface area contributed by atoms with Crippen LogP contribution in [0, 0.1) is 30.6 Å². The van der Waals surface area contributed by atoms with E-state index in [-0.39, 0.29) is 49.4 Å². The molecular formula is C45H63N3O7. The van der Waals surface area contributed by atoms with Gasteiger partial charge in [0.2, 0.25) is 11.7 Å². The van der Waals surface area contributed by atoms with E-state index in [1.165, 1.54) is 25.7 Å². The molecule has 2 saturated carbocycles. The van der Waals surface area contributed by atoms with E-state index < -0.39 is 11.8 Å². The SMILES string of the molecule is C=CCOC12Oc3ccc(OCc4cccc(C)n4)cc3C3C(CCCCO)C(CCCCO)C=C(C(=NOCC)CC1N(C)C(=O)CCC1CCCC1)C32. The number of benzene rings is 1. The minimum Gasteiger partial charge on any atom is -0.487 e. The lowest BCUT2D eigenvalue weighted by Crippen LogP contribution is -2.69. The number of aryl methyl sites for hydroxylation is 1. The average molecular weight is 758 g/mol. The highest BCUT2D eigenvalue weighted by molar-refractivity contribution is 6.03. The predicted octanol–water partition coefficient (Wildman–Crippen LogP) is 8.05. The Morgan fingerprint density at radius 2 is 1.87 bits per heavy atom. The Morgan fingerprint density at radius 1 is 1.09 bits per heavy atom. The quantitative estimate of drug-likeness (QED) is 0.0791. The van der Waals surface area contributed by atoms with Gasteiger partial charge in [0.1, 0.15) is 30.8 Å². The lowest BCUT2D eigenvalue weighted by molar-refractivity contribution is -0.255. The number of carbonyl (C=O) groups excluding carboxylic acids is 1. The van der Waals surface area contributed by atoms with Crippen molar-refractivity contribution in [2.45, 2.75) is 122 Å². The number of hydrogen-bond donors (Lipinski definition) is 2. The second-order valence-electron chi connectivity index (χ2n) is 15.9. The van der Waals surface area contributed by atoms with Gasteiger partial charge in [-0.2, -0.15) is 0 Å². The first kappa shape index (κ1) is 40.9. The van der Waals surface area contributed by atoms with Gasteiger partial charge < -0.3 is 34.2 Å². The van der Waals surface area contributed by atoms with E-state index in [4.69, 9.17) is 24.2 Å². The number of carbonyl (C=O) groups is 1. The molecule has 1 aromatic heterocycles. The number of oxime groups is 1. The van der Waals surface area contributed by atoms with E-state index >= 15 is 0 Å². The minimum absolute atomic E-state index is 0.0818. The average Bonchev–Trinajstić information content (AvgIpc) is 3.72. The Bertz CT molecular complexity index is 1650. The van der Waals surface area contributed by atoms with Crippen molar-refractivity contribution in [3.8, 4) is 11.5 Å². The first-order chi connectivity index (χ1) is 26.8. The molecule has 6 atom stereocenters. The molecule has 1 amide bonds. The highest BCUT2D eigenvalue weighted by Crippen LogP contribution is 2.61. The van der Waals surface area contributed by atoms with Gasteiger partial charge in [0.25, 0.3) is 0 Å². The van der Waals surface area contributed by atoms with Crippen LogP contribution in [0.5, 0.6) is 11.5 Å². The van der Waals surface area contributed by atoms with Gasteiger partial charge in [-0.3, -0.25) is 9.78 Å². The molecule has 0 spiro atoms. The smallest absolute Gasteiger partial charge is 0.239 e. The summed E-state index contributed by atoms with van der Waals surface area (Å²) in [6, 6.07) is 11.5. The van der Waals surface area contributed by atoms with Gasteiger partial charge in [-0.1, -0.05) is 61.9 Å². The first-order valence-electron chi connectivity index (χ1n) is 20.8. The van der Waals surface area contributed by atoms with E-state index in [0.717, 1.165) is 78.3 Å². The zero-order valence-corrected chi connectivity index (χ0v) is 33.3. The molecule has 0 radical (unpaired) electrons. The van der Waals surface area contributed by atoms with Crippen molar-refractivity contribution in [3.63, 3.8) is 0 Å². The van der Waals surface area contributed by atoms with Gasteiger partial charge in [-0.05, 0) is 99.6 Å². The summed E-state index contributed by atoms with van der Waals surface area (Å²) in [5.41, 5.74) is 4.69. The van der Waals surface area contributed by atoms with Crippen LogP contribution in [-0.2, 0) is 21.0 Å². The lowest BCUT2D eigenvalue weighted by atomic mass is 9.55. The van der Waals surface area contributed by atoms with Gasteiger partial charge in [0, 0.05) is 50.3 Å². The van der Waals surface area contributed by atoms with Gasteiger partial charge in [0.05, 0.1) is 23.9 Å². The summed E-state index contributed by atoms with van der Waals surface area (Å²) >= 11 is 0. The number of unbranched alkanes of at least 4 members (excludes halogenated alkanes) is 2. The van der Waals surface area contributed by atoms with Crippen molar-refractivity contribution < 1.29 is 34.1 Å². The van der Waals surface area contributed by atoms with Crippen LogP contribution in [0.4, 0.5) is 0 Å². The number of aliphatic hydroxyl groups excluding tert-OH is 2. The number of amides is 1. The van der Waals surface area contributed by atoms with E-state index in [1.807, 2.05) is 56.1 Å². The fraction of sp³-hybridized carbons (Fsp3) is 0.622. The molecule has 0 bridgehead atoms. The third-order valence-electron chi connectivity index (χ3n) is 12.4. The van der Waals surface area contributed by atoms with Crippen LogP contribution in [-0.4, -0.2) is 77.0 Å². The molecule has 10 nitrogen and oxygen atoms in total. The number of hydrogen-bond acceptors (Lipinski definition) is 9. The third kappa shape index (κ3) is 9.29. The third-order valence-corrected chi connectivity index (χ3v) is 12.4. The van der Waals surface area contributed by atoms with Gasteiger partial charge in [-0.25, -0.2) is 0 Å². The summed E-state index contributed by atoms with van der Waals surface area (Å²) in [5.74, 6) is 0.780. The normalized spacial score (nSPS) is 26.5. The monoisotopic (exact) mass is 757 g/mol. The maximum absolute atomic E-state index is 14.2. The largest absolute Gasteiger partial charge is 0.487 e. The second kappa shape index (κ2) is 19.4. The highest BCUT2D eigenvalue weighted by Gasteiger charge is 2.65. The van der Waals surface area contributed by atoms with Crippen LogP contribution >= 0.6 is 0 Å². The number of allylic oxidation sites excluding steroid dienone is 1. The molecule has 2 heterocycles.